The maximum Gasteiger partial charge on any atom is 0.336 e. The fourth-order valence-electron chi connectivity index (χ4n) is 3.47. The summed E-state index contributed by atoms with van der Waals surface area (Å²) in [6.45, 7) is 1.60. The molecule has 1 aliphatic carbocycles. The monoisotopic (exact) mass is 417 g/mol. The van der Waals surface area contributed by atoms with Gasteiger partial charge in [-0.25, -0.2) is 0 Å². The number of aromatic nitrogens is 1. The standard InChI is InChI=1S/C22H15F4NOS/c1-13-16(11-18(29-13)14-5-3-2-4-6-14)19-17(12-21(23,24)22(19,25)26)20(28)15-7-9-27-10-8-15/h2-11H,12H2,1H3. The third-order valence-corrected chi connectivity index (χ3v) is 6.04. The summed E-state index contributed by atoms with van der Waals surface area (Å²) >= 11 is 1.23. The Hall–Kier alpha value is -2.80. The molecule has 0 bridgehead atoms. The first kappa shape index (κ1) is 19.5. The number of hydrogen-bond acceptors (Lipinski definition) is 3. The van der Waals surface area contributed by atoms with Crippen molar-refractivity contribution < 1.29 is 22.4 Å². The van der Waals surface area contributed by atoms with Gasteiger partial charge in [0, 0.05) is 45.3 Å². The Morgan fingerprint density at radius 1 is 1.03 bits per heavy atom. The van der Waals surface area contributed by atoms with E-state index in [0.717, 1.165) is 5.56 Å². The van der Waals surface area contributed by atoms with Crippen LogP contribution in [0.2, 0.25) is 0 Å². The van der Waals surface area contributed by atoms with Crippen LogP contribution in [0.25, 0.3) is 16.0 Å². The van der Waals surface area contributed by atoms with Gasteiger partial charge < -0.3 is 0 Å². The summed E-state index contributed by atoms with van der Waals surface area (Å²) in [5.41, 5.74) is -0.583. The predicted molar refractivity (Wildman–Crippen MR) is 104 cm³/mol. The van der Waals surface area contributed by atoms with Crippen LogP contribution >= 0.6 is 11.3 Å². The summed E-state index contributed by atoms with van der Waals surface area (Å²) in [7, 11) is 0. The van der Waals surface area contributed by atoms with Crippen LogP contribution in [0.15, 0.2) is 66.5 Å². The van der Waals surface area contributed by atoms with E-state index in [1.54, 1.807) is 19.1 Å². The van der Waals surface area contributed by atoms with Gasteiger partial charge in [-0.15, -0.1) is 11.3 Å². The number of pyridine rings is 1. The maximum atomic E-state index is 14.8. The van der Waals surface area contributed by atoms with Gasteiger partial charge in [0.1, 0.15) is 0 Å². The number of Topliss-reactive ketones (excluding diaryl/α,β-unsaturated/α-hetero) is 1. The average molecular weight is 417 g/mol. The van der Waals surface area contributed by atoms with Crippen LogP contribution in [-0.2, 0) is 0 Å². The summed E-state index contributed by atoms with van der Waals surface area (Å²) in [4.78, 5) is 17.8. The number of rotatable bonds is 4. The molecule has 0 saturated heterocycles. The Kier molecular flexibility index (Phi) is 4.65. The van der Waals surface area contributed by atoms with Gasteiger partial charge in [0.25, 0.3) is 0 Å². The number of thiophene rings is 1. The second-order valence-corrected chi connectivity index (χ2v) is 8.08. The SMILES string of the molecule is Cc1sc(-c2ccccc2)cc1C1=C(C(=O)c2ccncc2)CC(F)(F)C1(F)F. The summed E-state index contributed by atoms with van der Waals surface area (Å²) in [6.07, 6.45) is 1.34. The summed E-state index contributed by atoms with van der Waals surface area (Å²) < 4.78 is 58.2. The number of nitrogens with zero attached hydrogens (tertiary/aromatic N) is 1. The Bertz CT molecular complexity index is 1100. The van der Waals surface area contributed by atoms with Crippen LogP contribution in [0.5, 0.6) is 0 Å². The van der Waals surface area contributed by atoms with Crippen molar-refractivity contribution in [2.24, 2.45) is 0 Å². The molecule has 2 nitrogen and oxygen atoms in total. The second kappa shape index (κ2) is 6.91. The van der Waals surface area contributed by atoms with Crippen LogP contribution in [0.3, 0.4) is 0 Å². The van der Waals surface area contributed by atoms with Crippen molar-refractivity contribution in [2.45, 2.75) is 25.2 Å². The third kappa shape index (κ3) is 3.19. The third-order valence-electron chi connectivity index (χ3n) is 4.94. The zero-order chi connectivity index (χ0) is 20.8. The van der Waals surface area contributed by atoms with Crippen molar-refractivity contribution >= 4 is 22.7 Å². The molecular weight excluding hydrogens is 402 g/mol. The van der Waals surface area contributed by atoms with Crippen molar-refractivity contribution in [3.05, 3.63) is 82.5 Å². The van der Waals surface area contributed by atoms with E-state index >= 15 is 0 Å². The summed E-state index contributed by atoms with van der Waals surface area (Å²) in [6, 6.07) is 13.2. The quantitative estimate of drug-likeness (QED) is 0.362. The predicted octanol–water partition coefficient (Wildman–Crippen LogP) is 6.43. The zero-order valence-electron chi connectivity index (χ0n) is 15.3. The van der Waals surface area contributed by atoms with E-state index in [2.05, 4.69) is 4.98 Å². The molecule has 2 aromatic heterocycles. The smallest absolute Gasteiger partial charge is 0.289 e. The number of allylic oxidation sites excluding steroid dienone is 2. The molecule has 0 spiro atoms. The first-order chi connectivity index (χ1) is 13.7. The fraction of sp³-hybridized carbons (Fsp3) is 0.182. The van der Waals surface area contributed by atoms with Crippen molar-refractivity contribution in [3.8, 4) is 10.4 Å². The van der Waals surface area contributed by atoms with E-state index < -0.39 is 35.2 Å². The summed E-state index contributed by atoms with van der Waals surface area (Å²) in [5.74, 6) is -9.60. The first-order valence-electron chi connectivity index (χ1n) is 8.82. The largest absolute Gasteiger partial charge is 0.336 e. The van der Waals surface area contributed by atoms with E-state index in [4.69, 9.17) is 0 Å². The number of alkyl halides is 4. The number of ketones is 1. The minimum atomic E-state index is -4.44. The highest BCUT2D eigenvalue weighted by molar-refractivity contribution is 7.15. The van der Waals surface area contributed by atoms with Crippen molar-refractivity contribution in [3.63, 3.8) is 0 Å². The molecule has 29 heavy (non-hydrogen) atoms. The average Bonchev–Trinajstić information content (AvgIpc) is 3.17. The zero-order valence-corrected chi connectivity index (χ0v) is 16.1. The lowest BCUT2D eigenvalue weighted by molar-refractivity contribution is -0.161. The number of carbonyl (C=O) groups excluding carboxylic acids is 1. The molecule has 0 N–H and O–H groups in total. The minimum absolute atomic E-state index is 0.00608. The van der Waals surface area contributed by atoms with Crippen LogP contribution in [0.1, 0.15) is 27.2 Å². The van der Waals surface area contributed by atoms with Gasteiger partial charge >= 0.3 is 11.8 Å². The maximum absolute atomic E-state index is 14.8. The van der Waals surface area contributed by atoms with Crippen molar-refractivity contribution in [1.29, 1.82) is 0 Å². The van der Waals surface area contributed by atoms with Crippen molar-refractivity contribution in [2.75, 3.05) is 0 Å². The number of carbonyl (C=O) groups is 1. The van der Waals surface area contributed by atoms with E-state index in [1.807, 2.05) is 18.2 Å². The minimum Gasteiger partial charge on any atom is -0.289 e. The Morgan fingerprint density at radius 2 is 1.69 bits per heavy atom. The molecule has 7 heteroatoms. The molecule has 0 saturated carbocycles. The van der Waals surface area contributed by atoms with Crippen LogP contribution in [0.4, 0.5) is 17.6 Å². The lowest BCUT2D eigenvalue weighted by atomic mass is 9.95. The molecule has 148 valence electrons. The van der Waals surface area contributed by atoms with E-state index in [1.165, 1.54) is 41.9 Å². The molecule has 1 aliphatic rings. The van der Waals surface area contributed by atoms with Gasteiger partial charge in [0.05, 0.1) is 0 Å². The molecule has 2 heterocycles. The number of hydrogen-bond donors (Lipinski definition) is 0. The first-order valence-corrected chi connectivity index (χ1v) is 9.64. The van der Waals surface area contributed by atoms with Gasteiger partial charge in [-0.05, 0) is 36.2 Å². The number of halogens is 4. The molecular formula is C22H15F4NOS. The van der Waals surface area contributed by atoms with E-state index in [0.29, 0.717) is 9.75 Å². The molecule has 4 rings (SSSR count). The van der Waals surface area contributed by atoms with Crippen LogP contribution in [-0.4, -0.2) is 22.6 Å². The van der Waals surface area contributed by atoms with Crippen LogP contribution in [0, 0.1) is 6.92 Å². The van der Waals surface area contributed by atoms with E-state index in [9.17, 15) is 22.4 Å². The molecule has 0 aliphatic heterocycles. The molecule has 0 radical (unpaired) electrons. The topological polar surface area (TPSA) is 30.0 Å². The molecule has 0 unspecified atom stereocenters. The number of benzene rings is 1. The molecule has 1 aromatic carbocycles. The normalized spacial score (nSPS) is 17.6. The second-order valence-electron chi connectivity index (χ2n) is 6.82. The van der Waals surface area contributed by atoms with Crippen LogP contribution < -0.4 is 0 Å². The van der Waals surface area contributed by atoms with Crippen molar-refractivity contribution in [1.82, 2.24) is 4.98 Å². The highest BCUT2D eigenvalue weighted by Gasteiger charge is 2.65. The highest BCUT2D eigenvalue weighted by Crippen LogP contribution is 2.56. The molecule has 0 amide bonds. The fourth-order valence-corrected chi connectivity index (χ4v) is 4.50. The number of aryl methyl sites for hydroxylation is 1. The van der Waals surface area contributed by atoms with Gasteiger partial charge in [-0.3, -0.25) is 9.78 Å². The van der Waals surface area contributed by atoms with Gasteiger partial charge in [-0.1, -0.05) is 30.3 Å². The van der Waals surface area contributed by atoms with Gasteiger partial charge in [0.15, 0.2) is 5.78 Å². The van der Waals surface area contributed by atoms with Gasteiger partial charge in [-0.2, -0.15) is 17.6 Å². The highest BCUT2D eigenvalue weighted by atomic mass is 32.1. The molecule has 3 aromatic rings. The lowest BCUT2D eigenvalue weighted by Crippen LogP contribution is -2.36. The molecule has 0 fully saturated rings. The molecule has 0 atom stereocenters. The Morgan fingerprint density at radius 3 is 2.34 bits per heavy atom. The van der Waals surface area contributed by atoms with E-state index in [-0.39, 0.29) is 11.1 Å². The Labute approximate surface area is 168 Å². The lowest BCUT2D eigenvalue weighted by Gasteiger charge is -2.21. The van der Waals surface area contributed by atoms with Gasteiger partial charge in [0.2, 0.25) is 0 Å². The summed E-state index contributed by atoms with van der Waals surface area (Å²) in [5, 5.41) is 0. The Balaban J connectivity index is 1.90.